The highest BCUT2D eigenvalue weighted by Gasteiger charge is 2.43. The van der Waals surface area contributed by atoms with Crippen LogP contribution < -0.4 is 0 Å². The second kappa shape index (κ2) is 2.41. The van der Waals surface area contributed by atoms with Gasteiger partial charge in [-0.15, -0.1) is 0 Å². The summed E-state index contributed by atoms with van der Waals surface area (Å²) in [4.78, 5) is 3.51. The number of pyridine rings is 1. The molecule has 0 spiro atoms. The number of ether oxygens (including phenoxy) is 1. The van der Waals surface area contributed by atoms with Gasteiger partial charge in [0.15, 0.2) is 0 Å². The highest BCUT2D eigenvalue weighted by molar-refractivity contribution is 6.30. The average Bonchev–Trinajstić information content (AvgIpc) is 2.75. The fourth-order valence-corrected chi connectivity index (χ4v) is 1.22. The first-order chi connectivity index (χ1) is 5.62. The van der Waals surface area contributed by atoms with E-state index in [-0.39, 0.29) is 0 Å². The lowest BCUT2D eigenvalue weighted by atomic mass is 10.0. The van der Waals surface area contributed by atoms with Crippen molar-refractivity contribution in [2.75, 3.05) is 6.61 Å². The van der Waals surface area contributed by atoms with E-state index in [1.54, 1.807) is 6.07 Å². The molecule has 2 rings (SSSR count). The van der Waals surface area contributed by atoms with Crippen LogP contribution in [0.3, 0.4) is 0 Å². The first-order valence-electron chi connectivity index (χ1n) is 3.57. The zero-order valence-corrected chi connectivity index (χ0v) is 7.23. The largest absolute Gasteiger partial charge is 0.365 e. The Kier molecular flexibility index (Phi) is 1.59. The summed E-state index contributed by atoms with van der Waals surface area (Å²) >= 11 is 5.67. The Morgan fingerprint density at radius 1 is 1.75 bits per heavy atom. The third-order valence-corrected chi connectivity index (χ3v) is 2.16. The maximum atomic E-state index is 13.1. The van der Waals surface area contributed by atoms with Gasteiger partial charge in [-0.2, -0.15) is 4.39 Å². The molecule has 12 heavy (non-hydrogen) atoms. The SMILES string of the molecule is CC1(c2cc(Cl)cnc2F)CO1. The van der Waals surface area contributed by atoms with Crippen molar-refractivity contribution in [2.24, 2.45) is 0 Å². The molecule has 1 aromatic rings. The van der Waals surface area contributed by atoms with Crippen molar-refractivity contribution >= 4 is 11.6 Å². The molecular weight excluding hydrogens is 181 g/mol. The minimum absolute atomic E-state index is 0.433. The van der Waals surface area contributed by atoms with E-state index in [2.05, 4.69) is 4.98 Å². The molecule has 1 aliphatic heterocycles. The van der Waals surface area contributed by atoms with Gasteiger partial charge < -0.3 is 4.74 Å². The Bertz CT molecular complexity index is 325. The number of aromatic nitrogens is 1. The highest BCUT2D eigenvalue weighted by atomic mass is 35.5. The minimum Gasteiger partial charge on any atom is -0.365 e. The third-order valence-electron chi connectivity index (χ3n) is 1.95. The van der Waals surface area contributed by atoms with E-state index in [1.165, 1.54) is 6.20 Å². The van der Waals surface area contributed by atoms with Crippen molar-refractivity contribution < 1.29 is 9.13 Å². The van der Waals surface area contributed by atoms with Crippen LogP contribution in [0.15, 0.2) is 12.3 Å². The van der Waals surface area contributed by atoms with E-state index >= 15 is 0 Å². The smallest absolute Gasteiger partial charge is 0.219 e. The molecule has 2 nitrogen and oxygen atoms in total. The summed E-state index contributed by atoms with van der Waals surface area (Å²) in [5.41, 5.74) is -0.0582. The molecule has 0 amide bonds. The molecule has 0 saturated carbocycles. The molecule has 0 N–H and O–H groups in total. The molecule has 1 fully saturated rings. The Labute approximate surface area is 74.3 Å². The van der Waals surface area contributed by atoms with E-state index in [4.69, 9.17) is 16.3 Å². The summed E-state index contributed by atoms with van der Waals surface area (Å²) in [6.07, 6.45) is 1.28. The van der Waals surface area contributed by atoms with Gasteiger partial charge in [-0.1, -0.05) is 11.6 Å². The van der Waals surface area contributed by atoms with Gasteiger partial charge in [-0.25, -0.2) is 4.98 Å². The maximum absolute atomic E-state index is 13.1. The van der Waals surface area contributed by atoms with Crippen molar-refractivity contribution in [3.05, 3.63) is 28.8 Å². The molecule has 1 atom stereocenters. The number of rotatable bonds is 1. The van der Waals surface area contributed by atoms with E-state index < -0.39 is 11.5 Å². The lowest BCUT2D eigenvalue weighted by molar-refractivity contribution is 0.319. The van der Waals surface area contributed by atoms with Crippen LogP contribution in [0.1, 0.15) is 12.5 Å². The summed E-state index contributed by atoms with van der Waals surface area (Å²) in [6.45, 7) is 2.34. The van der Waals surface area contributed by atoms with Crippen molar-refractivity contribution in [2.45, 2.75) is 12.5 Å². The zero-order chi connectivity index (χ0) is 8.77. The minimum atomic E-state index is -0.501. The van der Waals surface area contributed by atoms with Crippen molar-refractivity contribution in [1.82, 2.24) is 4.98 Å². The Morgan fingerprint density at radius 3 is 3.00 bits per heavy atom. The molecule has 0 bridgehead atoms. The van der Waals surface area contributed by atoms with Gasteiger partial charge in [-0.05, 0) is 13.0 Å². The van der Waals surface area contributed by atoms with Gasteiger partial charge in [0.05, 0.1) is 11.6 Å². The standard InChI is InChI=1S/C8H7ClFNO/c1-8(4-12-8)6-2-5(9)3-11-7(6)10/h2-3H,4H2,1H3. The summed E-state index contributed by atoms with van der Waals surface area (Å²) in [6, 6.07) is 1.55. The Hall–Kier alpha value is -0.670. The zero-order valence-electron chi connectivity index (χ0n) is 6.47. The highest BCUT2D eigenvalue weighted by Crippen LogP contribution is 2.39. The molecule has 1 unspecified atom stereocenters. The molecule has 0 radical (unpaired) electrons. The monoisotopic (exact) mass is 187 g/mol. The van der Waals surface area contributed by atoms with Crippen molar-refractivity contribution in [3.8, 4) is 0 Å². The fraction of sp³-hybridized carbons (Fsp3) is 0.375. The molecule has 1 saturated heterocycles. The molecule has 1 aromatic heterocycles. The topological polar surface area (TPSA) is 25.4 Å². The summed E-state index contributed by atoms with van der Waals surface area (Å²) in [7, 11) is 0. The first-order valence-corrected chi connectivity index (χ1v) is 3.95. The average molecular weight is 188 g/mol. The number of hydrogen-bond donors (Lipinski definition) is 0. The third kappa shape index (κ3) is 1.19. The number of halogens is 2. The van der Waals surface area contributed by atoms with Gasteiger partial charge in [0.2, 0.25) is 5.95 Å². The summed E-state index contributed by atoms with van der Waals surface area (Å²) in [5.74, 6) is -0.501. The van der Waals surface area contributed by atoms with Crippen LogP contribution in [-0.4, -0.2) is 11.6 Å². The normalized spacial score (nSPS) is 27.2. The van der Waals surface area contributed by atoms with Gasteiger partial charge in [0.1, 0.15) is 5.60 Å². The second-order valence-electron chi connectivity index (χ2n) is 3.01. The second-order valence-corrected chi connectivity index (χ2v) is 3.45. The van der Waals surface area contributed by atoms with Crippen LogP contribution >= 0.6 is 11.6 Å². The Balaban J connectivity index is 2.48. The van der Waals surface area contributed by atoms with E-state index in [0.29, 0.717) is 17.2 Å². The molecule has 4 heteroatoms. The van der Waals surface area contributed by atoms with E-state index in [0.717, 1.165) is 0 Å². The molecular formula is C8H7ClFNO. The van der Waals surface area contributed by atoms with Crippen LogP contribution in [0, 0.1) is 5.95 Å². The van der Waals surface area contributed by atoms with Crippen LogP contribution in [0.4, 0.5) is 4.39 Å². The molecule has 2 heterocycles. The van der Waals surface area contributed by atoms with Crippen LogP contribution in [-0.2, 0) is 10.3 Å². The van der Waals surface area contributed by atoms with Gasteiger partial charge >= 0.3 is 0 Å². The number of hydrogen-bond acceptors (Lipinski definition) is 2. The van der Waals surface area contributed by atoms with E-state index in [1.807, 2.05) is 6.92 Å². The van der Waals surface area contributed by atoms with E-state index in [9.17, 15) is 4.39 Å². The summed E-state index contributed by atoms with van der Waals surface area (Å²) < 4.78 is 18.1. The van der Waals surface area contributed by atoms with Crippen molar-refractivity contribution in [1.29, 1.82) is 0 Å². The predicted molar refractivity (Wildman–Crippen MR) is 42.5 cm³/mol. The molecule has 0 aliphatic carbocycles. The van der Waals surface area contributed by atoms with Crippen LogP contribution in [0.5, 0.6) is 0 Å². The van der Waals surface area contributed by atoms with Gasteiger partial charge in [0, 0.05) is 11.8 Å². The number of epoxide rings is 1. The number of nitrogens with zero attached hydrogens (tertiary/aromatic N) is 1. The Morgan fingerprint density at radius 2 is 2.42 bits per heavy atom. The quantitative estimate of drug-likeness (QED) is 0.497. The molecule has 1 aliphatic rings. The first kappa shape index (κ1) is 7.95. The predicted octanol–water partition coefficient (Wildman–Crippen LogP) is 2.12. The lowest BCUT2D eigenvalue weighted by Gasteiger charge is -2.05. The van der Waals surface area contributed by atoms with Gasteiger partial charge in [-0.3, -0.25) is 0 Å². The summed E-state index contributed by atoms with van der Waals surface area (Å²) in [5, 5.41) is 0.433. The van der Waals surface area contributed by atoms with Gasteiger partial charge in [0.25, 0.3) is 0 Å². The molecule has 64 valence electrons. The van der Waals surface area contributed by atoms with Crippen LogP contribution in [0.2, 0.25) is 5.02 Å². The molecule has 0 aromatic carbocycles. The van der Waals surface area contributed by atoms with Crippen LogP contribution in [0.25, 0.3) is 0 Å². The maximum Gasteiger partial charge on any atom is 0.219 e. The van der Waals surface area contributed by atoms with Crippen molar-refractivity contribution in [3.63, 3.8) is 0 Å². The fourth-order valence-electron chi connectivity index (χ4n) is 1.06. The lowest BCUT2D eigenvalue weighted by Crippen LogP contribution is -2.06.